The molecule has 0 radical (unpaired) electrons. The van der Waals surface area contributed by atoms with Crippen molar-refractivity contribution < 1.29 is 4.79 Å². The van der Waals surface area contributed by atoms with Crippen LogP contribution in [-0.2, 0) is 11.3 Å². The van der Waals surface area contributed by atoms with E-state index in [1.807, 2.05) is 23.6 Å². The molecule has 2 aromatic heterocycles. The van der Waals surface area contributed by atoms with E-state index in [2.05, 4.69) is 27.1 Å². The first-order chi connectivity index (χ1) is 10.3. The topological polar surface area (TPSA) is 72.7 Å². The molecule has 7 heteroatoms. The highest BCUT2D eigenvalue weighted by molar-refractivity contribution is 7.99. The maximum absolute atomic E-state index is 11.5. The molecule has 0 saturated heterocycles. The third-order valence-electron chi connectivity index (χ3n) is 2.67. The summed E-state index contributed by atoms with van der Waals surface area (Å²) in [6, 6.07) is 3.75. The molecule has 0 aromatic carbocycles. The molecule has 2 rings (SSSR count). The molecule has 0 aliphatic rings. The van der Waals surface area contributed by atoms with E-state index < -0.39 is 0 Å². The quantitative estimate of drug-likeness (QED) is 0.623. The number of hydrogen-bond donors (Lipinski definition) is 1. The van der Waals surface area contributed by atoms with Crippen LogP contribution in [0, 0.1) is 0 Å². The summed E-state index contributed by atoms with van der Waals surface area (Å²) in [5.74, 6) is 1.05. The maximum Gasteiger partial charge on any atom is 0.230 e. The van der Waals surface area contributed by atoms with Gasteiger partial charge in [-0.1, -0.05) is 17.8 Å². The molecule has 1 amide bonds. The first kappa shape index (κ1) is 15.2. The van der Waals surface area contributed by atoms with Crippen LogP contribution < -0.4 is 5.32 Å². The molecular weight excluding hydrogens is 286 g/mol. The molecule has 0 atom stereocenters. The normalized spacial score (nSPS) is 10.3. The molecule has 0 bridgehead atoms. The predicted molar refractivity (Wildman–Crippen MR) is 82.9 cm³/mol. The van der Waals surface area contributed by atoms with E-state index in [1.165, 1.54) is 11.8 Å². The fraction of sp³-hybridized carbons (Fsp3) is 0.286. The summed E-state index contributed by atoms with van der Waals surface area (Å²) in [5.41, 5.74) is 0.934. The largest absolute Gasteiger partial charge is 0.356 e. The van der Waals surface area contributed by atoms with E-state index >= 15 is 0 Å². The van der Waals surface area contributed by atoms with Crippen molar-refractivity contribution in [3.8, 4) is 11.4 Å². The second kappa shape index (κ2) is 7.58. The van der Waals surface area contributed by atoms with Crippen LogP contribution in [0.5, 0.6) is 0 Å². The van der Waals surface area contributed by atoms with Crippen molar-refractivity contribution in [2.24, 2.45) is 0 Å². The minimum atomic E-state index is -0.0129. The van der Waals surface area contributed by atoms with Crippen LogP contribution in [0.3, 0.4) is 0 Å². The van der Waals surface area contributed by atoms with Gasteiger partial charge in [0, 0.05) is 31.0 Å². The van der Waals surface area contributed by atoms with Gasteiger partial charge >= 0.3 is 0 Å². The molecule has 0 aliphatic carbocycles. The Labute approximate surface area is 127 Å². The van der Waals surface area contributed by atoms with Crippen LogP contribution >= 0.6 is 11.8 Å². The Morgan fingerprint density at radius 2 is 2.19 bits per heavy atom. The van der Waals surface area contributed by atoms with Crippen LogP contribution in [0.2, 0.25) is 0 Å². The van der Waals surface area contributed by atoms with E-state index in [9.17, 15) is 4.79 Å². The third kappa shape index (κ3) is 3.91. The Hall–Kier alpha value is -2.15. The molecular formula is C14H17N5OS. The summed E-state index contributed by atoms with van der Waals surface area (Å²) in [6.45, 7) is 6.86. The second-order valence-electron chi connectivity index (χ2n) is 4.18. The molecule has 0 saturated carbocycles. The van der Waals surface area contributed by atoms with Crippen LogP contribution in [0.15, 0.2) is 42.3 Å². The van der Waals surface area contributed by atoms with Gasteiger partial charge in [-0.25, -0.2) is 0 Å². The number of nitrogens with one attached hydrogen (secondary N) is 1. The Morgan fingerprint density at radius 1 is 1.43 bits per heavy atom. The fourth-order valence-corrected chi connectivity index (χ4v) is 2.56. The summed E-state index contributed by atoms with van der Waals surface area (Å²) in [4.78, 5) is 15.5. The molecule has 1 N–H and O–H groups in total. The van der Waals surface area contributed by atoms with Gasteiger partial charge in [0.1, 0.15) is 0 Å². The number of rotatable bonds is 7. The van der Waals surface area contributed by atoms with Gasteiger partial charge < -0.3 is 5.32 Å². The van der Waals surface area contributed by atoms with E-state index in [4.69, 9.17) is 0 Å². The fourth-order valence-electron chi connectivity index (χ4n) is 1.78. The molecule has 0 spiro atoms. The van der Waals surface area contributed by atoms with Gasteiger partial charge in [0.15, 0.2) is 11.0 Å². The second-order valence-corrected chi connectivity index (χ2v) is 5.13. The average molecular weight is 303 g/mol. The van der Waals surface area contributed by atoms with Crippen molar-refractivity contribution in [3.63, 3.8) is 0 Å². The number of nitrogens with zero attached hydrogens (tertiary/aromatic N) is 4. The lowest BCUT2D eigenvalue weighted by atomic mass is 10.2. The number of amides is 1. The minimum Gasteiger partial charge on any atom is -0.356 e. The van der Waals surface area contributed by atoms with Crippen LogP contribution in [0.1, 0.15) is 6.92 Å². The molecule has 6 nitrogen and oxygen atoms in total. The Morgan fingerprint density at radius 3 is 2.86 bits per heavy atom. The van der Waals surface area contributed by atoms with Gasteiger partial charge in [0.2, 0.25) is 5.91 Å². The smallest absolute Gasteiger partial charge is 0.230 e. The van der Waals surface area contributed by atoms with Gasteiger partial charge in [-0.2, -0.15) is 0 Å². The summed E-state index contributed by atoms with van der Waals surface area (Å²) in [6.07, 6.45) is 5.21. The summed E-state index contributed by atoms with van der Waals surface area (Å²) < 4.78 is 1.94. The van der Waals surface area contributed by atoms with Crippen molar-refractivity contribution in [2.75, 3.05) is 12.3 Å². The summed E-state index contributed by atoms with van der Waals surface area (Å²) in [5, 5.41) is 11.8. The number of aromatic nitrogens is 4. The molecule has 2 aromatic rings. The number of carbonyl (C=O) groups is 1. The lowest BCUT2D eigenvalue weighted by molar-refractivity contribution is -0.118. The Kier molecular flexibility index (Phi) is 5.51. The Balaban J connectivity index is 2.21. The first-order valence-electron chi connectivity index (χ1n) is 6.60. The number of pyridine rings is 1. The zero-order valence-corrected chi connectivity index (χ0v) is 12.6. The molecule has 0 unspecified atom stereocenters. The van der Waals surface area contributed by atoms with Gasteiger partial charge in [0.05, 0.1) is 5.75 Å². The highest BCUT2D eigenvalue weighted by Gasteiger charge is 2.14. The number of hydrogen-bond acceptors (Lipinski definition) is 5. The van der Waals surface area contributed by atoms with Crippen molar-refractivity contribution in [1.82, 2.24) is 25.1 Å². The van der Waals surface area contributed by atoms with Gasteiger partial charge in [-0.15, -0.1) is 16.8 Å². The lowest BCUT2D eigenvalue weighted by Gasteiger charge is -2.07. The minimum absolute atomic E-state index is 0.0129. The van der Waals surface area contributed by atoms with Crippen molar-refractivity contribution in [3.05, 3.63) is 37.2 Å². The monoisotopic (exact) mass is 303 g/mol. The number of allylic oxidation sites excluding steroid dienone is 1. The van der Waals surface area contributed by atoms with E-state index in [-0.39, 0.29) is 5.91 Å². The summed E-state index contributed by atoms with van der Waals surface area (Å²) in [7, 11) is 0. The standard InChI is InChI=1S/C14H17N5OS/c1-3-9-19-13(11-5-7-15-8-6-11)17-18-14(19)21-10-12(20)16-4-2/h3,5-8H,1,4,9-10H2,2H3,(H,16,20). The van der Waals surface area contributed by atoms with Gasteiger partial charge in [-0.3, -0.25) is 14.3 Å². The van der Waals surface area contributed by atoms with Crippen molar-refractivity contribution in [1.29, 1.82) is 0 Å². The SMILES string of the molecule is C=CCn1c(SCC(=O)NCC)nnc1-c1ccncc1. The Bertz CT molecular complexity index is 611. The molecule has 2 heterocycles. The van der Waals surface area contributed by atoms with Crippen molar-refractivity contribution in [2.45, 2.75) is 18.6 Å². The molecule has 0 aliphatic heterocycles. The summed E-state index contributed by atoms with van der Waals surface area (Å²) >= 11 is 1.36. The van der Waals surface area contributed by atoms with Crippen LogP contribution in [0.4, 0.5) is 0 Å². The zero-order chi connectivity index (χ0) is 15.1. The average Bonchev–Trinajstić information content (AvgIpc) is 2.90. The van der Waals surface area contributed by atoms with E-state index in [0.29, 0.717) is 24.0 Å². The van der Waals surface area contributed by atoms with E-state index in [1.54, 1.807) is 18.5 Å². The lowest BCUT2D eigenvalue weighted by Crippen LogP contribution is -2.24. The molecule has 0 fully saturated rings. The van der Waals surface area contributed by atoms with Crippen LogP contribution in [-0.4, -0.2) is 38.0 Å². The van der Waals surface area contributed by atoms with Crippen molar-refractivity contribution >= 4 is 17.7 Å². The maximum atomic E-state index is 11.5. The first-order valence-corrected chi connectivity index (χ1v) is 7.58. The highest BCUT2D eigenvalue weighted by Crippen LogP contribution is 2.23. The number of thioether (sulfide) groups is 1. The number of carbonyl (C=O) groups excluding carboxylic acids is 1. The molecule has 21 heavy (non-hydrogen) atoms. The van der Waals surface area contributed by atoms with Gasteiger partial charge in [0.25, 0.3) is 0 Å². The van der Waals surface area contributed by atoms with Crippen LogP contribution in [0.25, 0.3) is 11.4 Å². The molecule has 110 valence electrons. The predicted octanol–water partition coefficient (Wildman–Crippen LogP) is 1.75. The zero-order valence-electron chi connectivity index (χ0n) is 11.8. The van der Waals surface area contributed by atoms with E-state index in [0.717, 1.165) is 11.4 Å². The van der Waals surface area contributed by atoms with Gasteiger partial charge in [-0.05, 0) is 19.1 Å². The highest BCUT2D eigenvalue weighted by atomic mass is 32.2. The third-order valence-corrected chi connectivity index (χ3v) is 3.64.